The summed E-state index contributed by atoms with van der Waals surface area (Å²) in [7, 11) is -4.34. The van der Waals surface area contributed by atoms with E-state index < -0.39 is 26.1 Å². The number of rotatable bonds is 11. The number of hydrogen-bond donors (Lipinski definition) is 3. The Morgan fingerprint density at radius 1 is 1.05 bits per heavy atom. The molecule has 0 saturated carbocycles. The normalized spacial score (nSPS) is 15.0. The molecule has 1 aliphatic heterocycles. The molecule has 9 nitrogen and oxygen atoms in total. The van der Waals surface area contributed by atoms with E-state index in [0.717, 1.165) is 22.4 Å². The lowest BCUT2D eigenvalue weighted by Gasteiger charge is -2.26. The van der Waals surface area contributed by atoms with Crippen LogP contribution in [0.1, 0.15) is 63.1 Å². The number of nitrogens with one attached hydrogen (secondary N) is 1. The smallest absolute Gasteiger partial charge is 0.394 e. The number of phosphoric acid groups is 1. The molecule has 3 N–H and O–H groups in total. The average Bonchev–Trinajstić information content (AvgIpc) is 2.84. The quantitative estimate of drug-likeness (QED) is 0.223. The number of benzene rings is 2. The van der Waals surface area contributed by atoms with Gasteiger partial charge in [-0.15, -0.1) is 0 Å². The Morgan fingerprint density at radius 2 is 1.68 bits per heavy atom. The van der Waals surface area contributed by atoms with Crippen LogP contribution in [-0.2, 0) is 29.7 Å². The van der Waals surface area contributed by atoms with Gasteiger partial charge in [0.1, 0.15) is 0 Å². The molecule has 0 aliphatic carbocycles. The second-order valence-corrected chi connectivity index (χ2v) is 11.4. The third-order valence-electron chi connectivity index (χ3n) is 5.63. The highest BCUT2D eigenvalue weighted by atomic mass is 31.2. The largest absolute Gasteiger partial charge is 0.472 e. The van der Waals surface area contributed by atoms with Crippen molar-refractivity contribution >= 4 is 25.3 Å². The molecular formula is C28H35N2O7P. The summed E-state index contributed by atoms with van der Waals surface area (Å²) in [6.45, 7) is 4.37. The molecule has 2 atom stereocenters. The first kappa shape index (κ1) is 29.6. The van der Waals surface area contributed by atoms with E-state index in [-0.39, 0.29) is 31.3 Å². The van der Waals surface area contributed by atoms with Crippen molar-refractivity contribution in [2.75, 3.05) is 18.1 Å². The number of unbranched alkanes of at least 4 members (excludes halogenated alkanes) is 1. The van der Waals surface area contributed by atoms with Crippen molar-refractivity contribution in [2.45, 2.75) is 64.6 Å². The zero-order chi connectivity index (χ0) is 27.8. The molecule has 3 rings (SSSR count). The molecule has 0 radical (unpaired) electrons. The van der Waals surface area contributed by atoms with Crippen LogP contribution in [0.2, 0.25) is 0 Å². The number of para-hydroxylation sites is 1. The maximum Gasteiger partial charge on any atom is 0.472 e. The van der Waals surface area contributed by atoms with Crippen LogP contribution in [0, 0.1) is 11.8 Å². The summed E-state index contributed by atoms with van der Waals surface area (Å²) in [6.07, 6.45) is 1.32. The van der Waals surface area contributed by atoms with Gasteiger partial charge in [0.05, 0.1) is 37.1 Å². The number of amides is 2. The lowest BCUT2D eigenvalue weighted by Crippen LogP contribution is -2.40. The molecular weight excluding hydrogens is 507 g/mol. The Labute approximate surface area is 223 Å². The van der Waals surface area contributed by atoms with Crippen molar-refractivity contribution in [1.82, 2.24) is 5.32 Å². The topological polar surface area (TPSA) is 125 Å². The Morgan fingerprint density at radius 3 is 2.39 bits per heavy atom. The van der Waals surface area contributed by atoms with E-state index >= 15 is 0 Å². The maximum atomic E-state index is 13.2. The summed E-state index contributed by atoms with van der Waals surface area (Å²) in [5.74, 6) is 5.96. The van der Waals surface area contributed by atoms with Crippen molar-refractivity contribution in [3.63, 3.8) is 0 Å². The Bertz CT molecular complexity index is 1250. The third-order valence-corrected chi connectivity index (χ3v) is 6.89. The average molecular weight is 543 g/mol. The van der Waals surface area contributed by atoms with Crippen LogP contribution in [0.5, 0.6) is 0 Å². The van der Waals surface area contributed by atoms with Crippen LogP contribution in [0.15, 0.2) is 48.5 Å². The molecule has 204 valence electrons. The number of anilines is 1. The molecule has 0 aromatic heterocycles. The highest BCUT2D eigenvalue weighted by Crippen LogP contribution is 2.47. The number of nitrogens with zero attached hydrogens (tertiary/aromatic N) is 1. The fourth-order valence-electron chi connectivity index (χ4n) is 3.90. The molecule has 1 heterocycles. The monoisotopic (exact) mass is 542 g/mol. The summed E-state index contributed by atoms with van der Waals surface area (Å²) >= 11 is 0. The van der Waals surface area contributed by atoms with E-state index in [2.05, 4.69) is 17.2 Å². The number of hydrogen-bond acceptors (Lipinski definition) is 6. The Hall–Kier alpha value is -2.99. The zero-order valence-corrected chi connectivity index (χ0v) is 22.9. The summed E-state index contributed by atoms with van der Waals surface area (Å²) < 4.78 is 21.9. The molecule has 2 aromatic rings. The van der Waals surface area contributed by atoms with Crippen molar-refractivity contribution in [2.24, 2.45) is 0 Å². The highest BCUT2D eigenvalue weighted by Gasteiger charge is 2.30. The minimum absolute atomic E-state index is 0.0597. The lowest BCUT2D eigenvalue weighted by atomic mass is 10.0. The second-order valence-electron chi connectivity index (χ2n) is 10.0. The minimum atomic E-state index is -4.34. The summed E-state index contributed by atoms with van der Waals surface area (Å²) in [6, 6.07) is 14.4. The predicted octanol–water partition coefficient (Wildman–Crippen LogP) is 3.90. The molecule has 0 fully saturated rings. The second kappa shape index (κ2) is 13.2. The molecule has 1 aliphatic rings. The van der Waals surface area contributed by atoms with E-state index in [1.165, 1.54) is 0 Å². The van der Waals surface area contributed by atoms with Crippen LogP contribution in [0.4, 0.5) is 5.69 Å². The van der Waals surface area contributed by atoms with E-state index in [1.54, 1.807) is 25.7 Å². The maximum absolute atomic E-state index is 13.2. The van der Waals surface area contributed by atoms with Crippen LogP contribution >= 0.6 is 7.82 Å². The number of aliphatic hydroxyl groups excluding tert-OH is 1. The van der Waals surface area contributed by atoms with Gasteiger partial charge in [0, 0.05) is 24.0 Å². The molecule has 2 aromatic carbocycles. The predicted molar refractivity (Wildman–Crippen MR) is 144 cm³/mol. The molecule has 10 heteroatoms. The van der Waals surface area contributed by atoms with Gasteiger partial charge in [-0.2, -0.15) is 0 Å². The number of fused-ring (bicyclic) bond motifs is 2. The van der Waals surface area contributed by atoms with Crippen LogP contribution in [-0.4, -0.2) is 46.7 Å². The standard InChI is InChI=1S/C28H35N2O7P/c1-28(2,3)37-38(34,35)36-20-24(19-31)29-26(32)14-8-9-15-27(33)30-18-23-12-5-4-10-21(23)16-17-22-11-6-7-13-25(22)30/h4-7,10-13,24,31H,8-9,14-15,18-20H2,1-3H3,(H,29,32)(H,34,35). The van der Waals surface area contributed by atoms with Crippen molar-refractivity contribution in [3.05, 3.63) is 65.2 Å². The minimum Gasteiger partial charge on any atom is -0.394 e. The molecule has 2 amide bonds. The van der Waals surface area contributed by atoms with Gasteiger partial charge in [-0.25, -0.2) is 4.57 Å². The van der Waals surface area contributed by atoms with Crippen LogP contribution in [0.25, 0.3) is 0 Å². The van der Waals surface area contributed by atoms with E-state index in [1.807, 2.05) is 48.5 Å². The first-order valence-corrected chi connectivity index (χ1v) is 14.0. The molecule has 2 unspecified atom stereocenters. The number of phosphoric ester groups is 1. The SMILES string of the molecule is CC(C)(C)OP(=O)(O)OCC(CO)NC(=O)CCCCC(=O)N1Cc2ccccc2C#Cc2ccccc21. The van der Waals surface area contributed by atoms with Gasteiger partial charge in [-0.05, 0) is 57.4 Å². The fraction of sp³-hybridized carbons (Fsp3) is 0.429. The van der Waals surface area contributed by atoms with Crippen molar-refractivity contribution in [1.29, 1.82) is 0 Å². The van der Waals surface area contributed by atoms with E-state index in [4.69, 9.17) is 9.05 Å². The first-order chi connectivity index (χ1) is 18.0. The lowest BCUT2D eigenvalue weighted by molar-refractivity contribution is -0.123. The van der Waals surface area contributed by atoms with Gasteiger partial charge >= 0.3 is 7.82 Å². The van der Waals surface area contributed by atoms with Gasteiger partial charge in [-0.3, -0.25) is 18.6 Å². The number of carbonyl (C=O) groups is 2. The van der Waals surface area contributed by atoms with Gasteiger partial charge in [0.2, 0.25) is 11.8 Å². The summed E-state index contributed by atoms with van der Waals surface area (Å²) in [5, 5.41) is 12.1. The number of aliphatic hydroxyl groups is 1. The van der Waals surface area contributed by atoms with Crippen molar-refractivity contribution in [3.8, 4) is 11.8 Å². The molecule has 0 spiro atoms. The zero-order valence-electron chi connectivity index (χ0n) is 22.0. The van der Waals surface area contributed by atoms with E-state index in [9.17, 15) is 24.2 Å². The molecule has 38 heavy (non-hydrogen) atoms. The van der Waals surface area contributed by atoms with Gasteiger partial charge in [0.25, 0.3) is 0 Å². The van der Waals surface area contributed by atoms with Gasteiger partial charge in [-0.1, -0.05) is 42.2 Å². The van der Waals surface area contributed by atoms with Crippen LogP contribution in [0.3, 0.4) is 0 Å². The Kier molecular flexibility index (Phi) is 10.3. The first-order valence-electron chi connectivity index (χ1n) is 12.5. The Balaban J connectivity index is 1.50. The fourth-order valence-corrected chi connectivity index (χ4v) is 5.01. The van der Waals surface area contributed by atoms with E-state index in [0.29, 0.717) is 19.4 Å². The number of carbonyl (C=O) groups excluding carboxylic acids is 2. The van der Waals surface area contributed by atoms with Gasteiger partial charge in [0.15, 0.2) is 0 Å². The van der Waals surface area contributed by atoms with Crippen molar-refractivity contribution < 1.29 is 33.2 Å². The third kappa shape index (κ3) is 9.09. The van der Waals surface area contributed by atoms with Gasteiger partial charge < -0.3 is 20.2 Å². The molecule has 0 bridgehead atoms. The summed E-state index contributed by atoms with van der Waals surface area (Å²) in [4.78, 5) is 37.1. The highest BCUT2D eigenvalue weighted by molar-refractivity contribution is 7.47. The molecule has 0 saturated heterocycles. The van der Waals surface area contributed by atoms with Crippen LogP contribution < -0.4 is 10.2 Å². The summed E-state index contributed by atoms with van der Waals surface area (Å²) in [5.41, 5.74) is 2.51.